The van der Waals surface area contributed by atoms with Crippen molar-refractivity contribution in [2.45, 2.75) is 13.8 Å². The van der Waals surface area contributed by atoms with E-state index >= 15 is 0 Å². The van der Waals surface area contributed by atoms with Gasteiger partial charge >= 0.3 is 0 Å². The van der Waals surface area contributed by atoms with Crippen LogP contribution in [-0.4, -0.2) is 10.8 Å². The van der Waals surface area contributed by atoms with Gasteiger partial charge in [0, 0.05) is 0 Å². The molecule has 0 heterocycles. The second-order valence-electron chi connectivity index (χ2n) is 3.47. The van der Waals surface area contributed by atoms with Crippen molar-refractivity contribution in [2.75, 3.05) is 0 Å². The van der Waals surface area contributed by atoms with Gasteiger partial charge in [0.25, 0.3) is 0 Å². The number of nitrogens with two attached hydrogens (primary N) is 1. The van der Waals surface area contributed by atoms with E-state index in [-0.39, 0.29) is 5.11 Å². The molecule has 1 rings (SSSR count). The zero-order valence-electron chi connectivity index (χ0n) is 9.40. The minimum absolute atomic E-state index is 0.170. The quantitative estimate of drug-likeness (QED) is 0.478. The van der Waals surface area contributed by atoms with E-state index in [1.165, 1.54) is 5.56 Å². The Balaban J connectivity index is 2.62. The molecule has 0 saturated carbocycles. The third-order valence-electron chi connectivity index (χ3n) is 1.94. The molecule has 1 aromatic rings. The fourth-order valence-electron chi connectivity index (χ4n) is 1.07. The first-order valence-electron chi connectivity index (χ1n) is 4.92. The largest absolute Gasteiger partial charge is 0.375 e. The van der Waals surface area contributed by atoms with Crippen LogP contribution in [0.25, 0.3) is 6.08 Å². The van der Waals surface area contributed by atoms with Crippen molar-refractivity contribution >= 4 is 29.1 Å². The first-order chi connectivity index (χ1) is 7.58. The number of allylic oxidation sites excluding steroid dienone is 1. The summed E-state index contributed by atoms with van der Waals surface area (Å²) in [5.41, 5.74) is 11.0. The van der Waals surface area contributed by atoms with Crippen LogP contribution in [0.15, 0.2) is 35.4 Å². The molecule has 0 spiro atoms. The molecule has 0 aliphatic carbocycles. The summed E-state index contributed by atoms with van der Waals surface area (Å²) in [6, 6.07) is 8.25. The van der Waals surface area contributed by atoms with Gasteiger partial charge < -0.3 is 5.73 Å². The Labute approximate surface area is 101 Å². The predicted molar refractivity (Wildman–Crippen MR) is 73.2 cm³/mol. The van der Waals surface area contributed by atoms with Crippen molar-refractivity contribution in [3.05, 3.63) is 41.5 Å². The lowest BCUT2D eigenvalue weighted by Gasteiger charge is -1.97. The van der Waals surface area contributed by atoms with Gasteiger partial charge in [-0.1, -0.05) is 35.9 Å². The number of thiocarbonyl (C=S) groups is 1. The maximum atomic E-state index is 5.25. The molecular weight excluding hydrogens is 218 g/mol. The Morgan fingerprint density at radius 3 is 2.56 bits per heavy atom. The summed E-state index contributed by atoms with van der Waals surface area (Å²) >= 11 is 4.64. The fourth-order valence-corrected chi connectivity index (χ4v) is 1.12. The van der Waals surface area contributed by atoms with Crippen molar-refractivity contribution in [1.82, 2.24) is 5.43 Å². The highest BCUT2D eigenvalue weighted by Crippen LogP contribution is 2.04. The molecule has 0 bridgehead atoms. The van der Waals surface area contributed by atoms with Gasteiger partial charge in [-0.15, -0.1) is 0 Å². The number of nitrogens with zero attached hydrogens (tertiary/aromatic N) is 1. The maximum absolute atomic E-state index is 5.25. The van der Waals surface area contributed by atoms with E-state index < -0.39 is 0 Å². The average molecular weight is 233 g/mol. The van der Waals surface area contributed by atoms with Gasteiger partial charge in [0.05, 0.1) is 5.71 Å². The van der Waals surface area contributed by atoms with Crippen molar-refractivity contribution < 1.29 is 0 Å². The summed E-state index contributed by atoms with van der Waals surface area (Å²) in [4.78, 5) is 0. The molecule has 0 aliphatic rings. The van der Waals surface area contributed by atoms with Crippen LogP contribution in [0.1, 0.15) is 18.1 Å². The van der Waals surface area contributed by atoms with Gasteiger partial charge in [0.1, 0.15) is 0 Å². The van der Waals surface area contributed by atoms with Crippen LogP contribution < -0.4 is 11.2 Å². The van der Waals surface area contributed by atoms with Crippen LogP contribution in [0.5, 0.6) is 0 Å². The molecule has 1 aromatic carbocycles. The smallest absolute Gasteiger partial charge is 0.184 e. The van der Waals surface area contributed by atoms with Gasteiger partial charge in [-0.05, 0) is 37.7 Å². The molecule has 0 aliphatic heterocycles. The number of rotatable bonds is 3. The van der Waals surface area contributed by atoms with Gasteiger partial charge in [-0.25, -0.2) is 0 Å². The lowest BCUT2D eigenvalue weighted by Crippen LogP contribution is -2.24. The Hall–Kier alpha value is -1.68. The maximum Gasteiger partial charge on any atom is 0.184 e. The predicted octanol–water partition coefficient (Wildman–Crippen LogP) is 2.22. The third kappa shape index (κ3) is 4.70. The summed E-state index contributed by atoms with van der Waals surface area (Å²) in [7, 11) is 0. The molecule has 0 atom stereocenters. The van der Waals surface area contributed by atoms with Crippen LogP contribution in [-0.2, 0) is 0 Å². The van der Waals surface area contributed by atoms with Crippen LogP contribution >= 0.6 is 12.2 Å². The topological polar surface area (TPSA) is 50.4 Å². The molecule has 3 N–H and O–H groups in total. The number of hydrogen-bond acceptors (Lipinski definition) is 2. The highest BCUT2D eigenvalue weighted by atomic mass is 32.1. The van der Waals surface area contributed by atoms with E-state index in [1.807, 2.05) is 19.1 Å². The molecule has 0 radical (unpaired) electrons. The van der Waals surface area contributed by atoms with Crippen molar-refractivity contribution in [3.8, 4) is 0 Å². The molecule has 4 heteroatoms. The summed E-state index contributed by atoms with van der Waals surface area (Å²) in [6.07, 6.45) is 3.88. The lowest BCUT2D eigenvalue weighted by molar-refractivity contribution is 1.03. The zero-order valence-corrected chi connectivity index (χ0v) is 10.2. The van der Waals surface area contributed by atoms with Crippen molar-refractivity contribution in [1.29, 1.82) is 0 Å². The third-order valence-corrected chi connectivity index (χ3v) is 2.03. The Kier molecular flexibility index (Phi) is 4.66. The van der Waals surface area contributed by atoms with Crippen LogP contribution in [0.2, 0.25) is 0 Å². The SMILES string of the molecule is CC(/C=C/c1ccc(C)cc1)=N\NC(N)=S. The minimum Gasteiger partial charge on any atom is -0.375 e. The van der Waals surface area contributed by atoms with Gasteiger partial charge in [0.15, 0.2) is 5.11 Å². The monoisotopic (exact) mass is 233 g/mol. The standard InChI is InChI=1S/C12H15N3S/c1-9-3-6-11(7-4-9)8-5-10(2)14-15-12(13)16/h3-8H,1-2H3,(H3,13,15,16)/b8-5+,14-10+. The van der Waals surface area contributed by atoms with E-state index in [0.29, 0.717) is 0 Å². The van der Waals surface area contributed by atoms with E-state index in [2.05, 4.69) is 53.9 Å². The molecule has 0 amide bonds. The normalized spacial score (nSPS) is 11.8. The number of aryl methyl sites for hydroxylation is 1. The summed E-state index contributed by atoms with van der Waals surface area (Å²) in [6.45, 7) is 3.93. The van der Waals surface area contributed by atoms with Crippen molar-refractivity contribution in [3.63, 3.8) is 0 Å². The van der Waals surface area contributed by atoms with E-state index in [9.17, 15) is 0 Å². The Bertz CT molecular complexity index is 418. The van der Waals surface area contributed by atoms with Gasteiger partial charge in [-0.3, -0.25) is 5.43 Å². The Morgan fingerprint density at radius 1 is 1.38 bits per heavy atom. The van der Waals surface area contributed by atoms with E-state index in [0.717, 1.165) is 11.3 Å². The number of hydrogen-bond donors (Lipinski definition) is 2. The summed E-state index contributed by atoms with van der Waals surface area (Å²) < 4.78 is 0. The lowest BCUT2D eigenvalue weighted by atomic mass is 10.1. The van der Waals surface area contributed by atoms with Crippen LogP contribution in [0, 0.1) is 6.92 Å². The summed E-state index contributed by atoms with van der Waals surface area (Å²) in [5, 5.41) is 4.14. The second kappa shape index (κ2) is 6.02. The zero-order chi connectivity index (χ0) is 12.0. The second-order valence-corrected chi connectivity index (χ2v) is 3.91. The minimum atomic E-state index is 0.170. The average Bonchev–Trinajstić information content (AvgIpc) is 2.25. The van der Waals surface area contributed by atoms with Crippen molar-refractivity contribution in [2.24, 2.45) is 10.8 Å². The number of hydrazone groups is 1. The highest BCUT2D eigenvalue weighted by molar-refractivity contribution is 7.80. The molecule has 84 valence electrons. The van der Waals surface area contributed by atoms with Gasteiger partial charge in [-0.2, -0.15) is 5.10 Å². The highest BCUT2D eigenvalue weighted by Gasteiger charge is 1.88. The molecule has 0 unspecified atom stereocenters. The van der Waals surface area contributed by atoms with E-state index in [4.69, 9.17) is 5.73 Å². The van der Waals surface area contributed by atoms with Gasteiger partial charge in [0.2, 0.25) is 0 Å². The molecule has 0 saturated heterocycles. The number of nitrogens with one attached hydrogen (secondary N) is 1. The van der Waals surface area contributed by atoms with E-state index in [1.54, 1.807) is 0 Å². The molecule has 0 aromatic heterocycles. The number of benzene rings is 1. The molecular formula is C12H15N3S. The first-order valence-corrected chi connectivity index (χ1v) is 5.33. The summed E-state index contributed by atoms with van der Waals surface area (Å²) in [5.74, 6) is 0. The van der Waals surface area contributed by atoms with Crippen LogP contribution in [0.3, 0.4) is 0 Å². The molecule has 16 heavy (non-hydrogen) atoms. The Morgan fingerprint density at radius 2 is 2.00 bits per heavy atom. The molecule has 3 nitrogen and oxygen atoms in total. The van der Waals surface area contributed by atoms with Crippen LogP contribution in [0.4, 0.5) is 0 Å². The first kappa shape index (κ1) is 12.4. The fraction of sp³-hybridized carbons (Fsp3) is 0.167. The molecule has 0 fully saturated rings.